The maximum atomic E-state index is 6.26. The lowest BCUT2D eigenvalue weighted by atomic mass is 9.99. The number of nitrogens with one attached hydrogen (secondary N) is 1. The van der Waals surface area contributed by atoms with E-state index in [1.165, 1.54) is 0 Å². The van der Waals surface area contributed by atoms with Gasteiger partial charge in [0.15, 0.2) is 0 Å². The fraction of sp³-hybridized carbons (Fsp3) is 0.217. The number of ether oxygens (including phenoxy) is 1. The highest BCUT2D eigenvalue weighted by molar-refractivity contribution is 5.85. The van der Waals surface area contributed by atoms with Gasteiger partial charge in [0.05, 0.1) is 0 Å². The zero-order chi connectivity index (χ0) is 19.6. The van der Waals surface area contributed by atoms with Crippen LogP contribution in [-0.2, 0) is 0 Å². The molecule has 1 atom stereocenters. The predicted octanol–water partition coefficient (Wildman–Crippen LogP) is 4.24. The van der Waals surface area contributed by atoms with E-state index in [-0.39, 0.29) is 0 Å². The van der Waals surface area contributed by atoms with E-state index in [9.17, 15) is 0 Å². The number of nitrogens with zero attached hydrogens (tertiary/aromatic N) is 3. The molecule has 6 nitrogen and oxygen atoms in total. The lowest BCUT2D eigenvalue weighted by Crippen LogP contribution is -2.29. The van der Waals surface area contributed by atoms with E-state index in [1.807, 2.05) is 60.8 Å². The number of fused-ring (bicyclic) bond motifs is 1. The highest BCUT2D eigenvalue weighted by Crippen LogP contribution is 2.33. The first-order valence-corrected chi connectivity index (χ1v) is 9.96. The maximum Gasteiger partial charge on any atom is 0.150 e. The van der Waals surface area contributed by atoms with Crippen LogP contribution in [-0.4, -0.2) is 27.5 Å². The van der Waals surface area contributed by atoms with Crippen molar-refractivity contribution in [3.8, 4) is 22.8 Å². The number of para-hydroxylation sites is 1. The van der Waals surface area contributed by atoms with Crippen LogP contribution in [0.25, 0.3) is 16.8 Å². The largest absolute Gasteiger partial charge is 0.457 e. The Labute approximate surface area is 169 Å². The second kappa shape index (κ2) is 7.56. The van der Waals surface area contributed by atoms with Gasteiger partial charge in [0.1, 0.15) is 34.4 Å². The quantitative estimate of drug-likeness (QED) is 0.549. The number of anilines is 1. The van der Waals surface area contributed by atoms with Crippen molar-refractivity contribution in [3.63, 3.8) is 0 Å². The van der Waals surface area contributed by atoms with Gasteiger partial charge in [-0.3, -0.25) is 4.40 Å². The second-order valence-corrected chi connectivity index (χ2v) is 7.33. The first-order valence-electron chi connectivity index (χ1n) is 9.96. The molecule has 5 rings (SSSR count). The van der Waals surface area contributed by atoms with Crippen molar-refractivity contribution in [2.75, 3.05) is 18.8 Å². The fourth-order valence-electron chi connectivity index (χ4n) is 3.95. The van der Waals surface area contributed by atoms with E-state index in [1.54, 1.807) is 6.20 Å². The molecule has 0 saturated carbocycles. The van der Waals surface area contributed by atoms with Crippen molar-refractivity contribution >= 4 is 11.3 Å². The molecule has 2 aromatic heterocycles. The van der Waals surface area contributed by atoms with E-state index < -0.39 is 0 Å². The minimum Gasteiger partial charge on any atom is -0.457 e. The Balaban J connectivity index is 1.52. The monoisotopic (exact) mass is 385 g/mol. The average Bonchev–Trinajstić information content (AvgIpc) is 3.17. The van der Waals surface area contributed by atoms with Crippen LogP contribution in [0.2, 0.25) is 0 Å². The Morgan fingerprint density at radius 1 is 1.03 bits per heavy atom. The summed E-state index contributed by atoms with van der Waals surface area (Å²) in [4.78, 5) is 9.32. The number of nitrogen functional groups attached to an aromatic ring is 1. The number of rotatable bonds is 4. The summed E-state index contributed by atoms with van der Waals surface area (Å²) in [5.41, 5.74) is 8.98. The summed E-state index contributed by atoms with van der Waals surface area (Å²) in [7, 11) is 0. The summed E-state index contributed by atoms with van der Waals surface area (Å²) in [6, 6.07) is 17.7. The highest BCUT2D eigenvalue weighted by atomic mass is 16.5. The van der Waals surface area contributed by atoms with E-state index in [0.29, 0.717) is 11.7 Å². The Morgan fingerprint density at radius 3 is 2.59 bits per heavy atom. The van der Waals surface area contributed by atoms with Crippen molar-refractivity contribution in [3.05, 3.63) is 72.8 Å². The summed E-state index contributed by atoms with van der Waals surface area (Å²) in [5, 5.41) is 3.48. The molecule has 29 heavy (non-hydrogen) atoms. The molecule has 146 valence electrons. The molecule has 1 fully saturated rings. The summed E-state index contributed by atoms with van der Waals surface area (Å²) in [6.45, 7) is 2.00. The van der Waals surface area contributed by atoms with Crippen molar-refractivity contribution in [1.29, 1.82) is 0 Å². The Morgan fingerprint density at radius 2 is 1.83 bits per heavy atom. The van der Waals surface area contributed by atoms with Gasteiger partial charge in [0.2, 0.25) is 0 Å². The van der Waals surface area contributed by atoms with Crippen LogP contribution in [0.1, 0.15) is 24.6 Å². The van der Waals surface area contributed by atoms with Gasteiger partial charge in [0.25, 0.3) is 0 Å². The summed E-state index contributed by atoms with van der Waals surface area (Å²) >= 11 is 0. The molecule has 1 saturated heterocycles. The number of aromatic nitrogens is 3. The van der Waals surface area contributed by atoms with Gasteiger partial charge in [-0.25, -0.2) is 9.97 Å². The van der Waals surface area contributed by atoms with Crippen LogP contribution in [0.3, 0.4) is 0 Å². The van der Waals surface area contributed by atoms with Gasteiger partial charge >= 0.3 is 0 Å². The van der Waals surface area contributed by atoms with Crippen LogP contribution in [0.5, 0.6) is 11.5 Å². The molecule has 4 aromatic rings. The van der Waals surface area contributed by atoms with Crippen molar-refractivity contribution < 1.29 is 4.74 Å². The molecule has 0 spiro atoms. The molecule has 3 N–H and O–H groups in total. The lowest BCUT2D eigenvalue weighted by molar-refractivity contribution is 0.446. The minimum atomic E-state index is 0.368. The smallest absolute Gasteiger partial charge is 0.150 e. The topological polar surface area (TPSA) is 77.5 Å². The Kier molecular flexibility index (Phi) is 4.62. The molecule has 2 aromatic carbocycles. The van der Waals surface area contributed by atoms with Gasteiger partial charge in [-0.1, -0.05) is 18.2 Å². The first-order chi connectivity index (χ1) is 14.3. The predicted molar refractivity (Wildman–Crippen MR) is 114 cm³/mol. The molecule has 6 heteroatoms. The van der Waals surface area contributed by atoms with E-state index in [0.717, 1.165) is 60.0 Å². The van der Waals surface area contributed by atoms with E-state index in [2.05, 4.69) is 14.7 Å². The van der Waals surface area contributed by atoms with Crippen molar-refractivity contribution in [2.45, 2.75) is 18.8 Å². The van der Waals surface area contributed by atoms with Crippen LogP contribution in [0.15, 0.2) is 67.0 Å². The molecular weight excluding hydrogens is 362 g/mol. The number of hydrogen-bond acceptors (Lipinski definition) is 5. The van der Waals surface area contributed by atoms with Gasteiger partial charge in [0, 0.05) is 30.4 Å². The van der Waals surface area contributed by atoms with Crippen molar-refractivity contribution in [1.82, 2.24) is 19.7 Å². The zero-order valence-corrected chi connectivity index (χ0v) is 16.1. The molecule has 0 unspecified atom stereocenters. The van der Waals surface area contributed by atoms with E-state index >= 15 is 0 Å². The van der Waals surface area contributed by atoms with Crippen LogP contribution >= 0.6 is 0 Å². The molecule has 1 aliphatic heterocycles. The molecule has 0 bridgehead atoms. The molecule has 0 aliphatic carbocycles. The number of benzene rings is 2. The van der Waals surface area contributed by atoms with Gasteiger partial charge in [-0.15, -0.1) is 0 Å². The Hall–Kier alpha value is -3.38. The van der Waals surface area contributed by atoms with Crippen LogP contribution < -0.4 is 15.8 Å². The highest BCUT2D eigenvalue weighted by Gasteiger charge is 2.23. The SMILES string of the molecule is Nc1nccn2c([C@@H]3CCCNC3)nc(-c3ccc(Oc4ccccc4)cc3)c12. The fourth-order valence-corrected chi connectivity index (χ4v) is 3.95. The summed E-state index contributed by atoms with van der Waals surface area (Å²) in [6.07, 6.45) is 5.97. The number of piperidine rings is 1. The third kappa shape index (κ3) is 3.43. The second-order valence-electron chi connectivity index (χ2n) is 7.33. The van der Waals surface area contributed by atoms with Crippen LogP contribution in [0.4, 0.5) is 5.82 Å². The maximum absolute atomic E-state index is 6.26. The molecule has 3 heterocycles. The molecule has 0 radical (unpaired) electrons. The normalized spacial score (nSPS) is 16.8. The van der Waals surface area contributed by atoms with E-state index in [4.69, 9.17) is 15.5 Å². The van der Waals surface area contributed by atoms with Gasteiger partial charge < -0.3 is 15.8 Å². The zero-order valence-electron chi connectivity index (χ0n) is 16.1. The van der Waals surface area contributed by atoms with Crippen molar-refractivity contribution in [2.24, 2.45) is 0 Å². The Bertz CT molecular complexity index is 1120. The minimum absolute atomic E-state index is 0.368. The number of nitrogens with two attached hydrogens (primary N) is 1. The van der Waals surface area contributed by atoms with Gasteiger partial charge in [-0.2, -0.15) is 0 Å². The van der Waals surface area contributed by atoms with Crippen LogP contribution in [0, 0.1) is 0 Å². The number of imidazole rings is 1. The third-order valence-electron chi connectivity index (χ3n) is 5.38. The lowest BCUT2D eigenvalue weighted by Gasteiger charge is -2.21. The van der Waals surface area contributed by atoms with Gasteiger partial charge in [-0.05, 0) is 55.8 Å². The summed E-state index contributed by atoms with van der Waals surface area (Å²) < 4.78 is 8.01. The standard InChI is InChI=1S/C23H23N5O/c24-22-21-20(16-8-10-19(11-9-16)29-18-6-2-1-3-7-18)27-23(28(21)14-13-26-22)17-5-4-12-25-15-17/h1-3,6-11,13-14,17,25H,4-5,12,15H2,(H2,24,26)/t17-/m1/s1. The third-order valence-corrected chi connectivity index (χ3v) is 5.38. The molecule has 1 aliphatic rings. The first kappa shape index (κ1) is 17.7. The molecule has 0 amide bonds. The molecular formula is C23H23N5O. The average molecular weight is 385 g/mol. The summed E-state index contributed by atoms with van der Waals surface area (Å²) in [5.74, 6) is 3.50. The number of hydrogen-bond donors (Lipinski definition) is 2.